The fourth-order valence-corrected chi connectivity index (χ4v) is 2.84. The van der Waals surface area contributed by atoms with Gasteiger partial charge in [0.25, 0.3) is 11.4 Å². The third-order valence-corrected chi connectivity index (χ3v) is 4.58. The summed E-state index contributed by atoms with van der Waals surface area (Å²) in [6, 6.07) is 3.82. The van der Waals surface area contributed by atoms with Crippen molar-refractivity contribution >= 4 is 22.7 Å². The van der Waals surface area contributed by atoms with Gasteiger partial charge in [0.2, 0.25) is 0 Å². The van der Waals surface area contributed by atoms with E-state index in [1.807, 2.05) is 0 Å². The minimum absolute atomic E-state index is 0.179. The fraction of sp³-hybridized carbons (Fsp3) is 0.400. The fourth-order valence-electron chi connectivity index (χ4n) is 2.84. The maximum Gasteiger partial charge on any atom is 0.317 e. The molecular weight excluding hydrogens is 456 g/mol. The molecule has 0 bridgehead atoms. The van der Waals surface area contributed by atoms with Crippen LogP contribution in [0, 0.1) is 40.5 Å². The molecule has 0 atom stereocenters. The largest absolute Gasteiger partial charge is 0.502 e. The Morgan fingerprint density at radius 2 is 0.824 bits per heavy atom. The van der Waals surface area contributed by atoms with E-state index in [1.54, 1.807) is 41.5 Å². The SMILES string of the molecule is CC(C)(C)c1cc([N+](=O)[O-])cc([N+](=O)[O-])c1O.CC(C)(C)c1cc([N+](=O)[O-])cc([N+](=O)[O-])c1O. The van der Waals surface area contributed by atoms with E-state index < -0.39 is 64.8 Å². The number of non-ortho nitro benzene ring substituents is 2. The van der Waals surface area contributed by atoms with Crippen molar-refractivity contribution in [3.8, 4) is 11.5 Å². The molecule has 0 saturated heterocycles. The van der Waals surface area contributed by atoms with Crippen LogP contribution in [0.15, 0.2) is 24.3 Å². The minimum Gasteiger partial charge on any atom is -0.502 e. The van der Waals surface area contributed by atoms with Crippen LogP contribution in [0.25, 0.3) is 0 Å². The summed E-state index contributed by atoms with van der Waals surface area (Å²) >= 11 is 0. The van der Waals surface area contributed by atoms with Gasteiger partial charge >= 0.3 is 11.4 Å². The first-order valence-electron chi connectivity index (χ1n) is 9.61. The Kier molecular flexibility index (Phi) is 7.85. The molecule has 14 heteroatoms. The van der Waals surface area contributed by atoms with E-state index in [-0.39, 0.29) is 11.1 Å². The van der Waals surface area contributed by atoms with Crippen LogP contribution < -0.4 is 0 Å². The van der Waals surface area contributed by atoms with Gasteiger partial charge in [0.15, 0.2) is 11.5 Å². The van der Waals surface area contributed by atoms with Crippen molar-refractivity contribution in [2.45, 2.75) is 52.4 Å². The van der Waals surface area contributed by atoms with Crippen LogP contribution in [0.3, 0.4) is 0 Å². The molecule has 0 saturated carbocycles. The Labute approximate surface area is 193 Å². The Balaban J connectivity index is 0.000000340. The zero-order valence-electron chi connectivity index (χ0n) is 19.3. The minimum atomic E-state index is -0.836. The lowest BCUT2D eigenvalue weighted by Gasteiger charge is -2.19. The normalized spacial score (nSPS) is 11.2. The van der Waals surface area contributed by atoms with E-state index in [0.29, 0.717) is 0 Å². The van der Waals surface area contributed by atoms with Crippen LogP contribution in [0.5, 0.6) is 11.5 Å². The van der Waals surface area contributed by atoms with Gasteiger partial charge in [-0.1, -0.05) is 41.5 Å². The van der Waals surface area contributed by atoms with Crippen molar-refractivity contribution < 1.29 is 29.9 Å². The van der Waals surface area contributed by atoms with Crippen LogP contribution >= 0.6 is 0 Å². The van der Waals surface area contributed by atoms with E-state index in [9.17, 15) is 50.7 Å². The zero-order chi connectivity index (χ0) is 26.8. The van der Waals surface area contributed by atoms with E-state index in [0.717, 1.165) is 24.3 Å². The third-order valence-electron chi connectivity index (χ3n) is 4.58. The molecule has 0 radical (unpaired) electrons. The summed E-state index contributed by atoms with van der Waals surface area (Å²) in [4.78, 5) is 39.6. The lowest BCUT2D eigenvalue weighted by Crippen LogP contribution is -2.12. The van der Waals surface area contributed by atoms with Crippen LogP contribution in [-0.4, -0.2) is 29.9 Å². The quantitative estimate of drug-likeness (QED) is 0.440. The van der Waals surface area contributed by atoms with Crippen molar-refractivity contribution in [1.29, 1.82) is 0 Å². The number of nitro benzene ring substituents is 4. The molecule has 0 unspecified atom stereocenters. The molecule has 184 valence electrons. The molecule has 0 amide bonds. The summed E-state index contributed by atoms with van der Waals surface area (Å²) in [6.07, 6.45) is 0. The number of hydrogen-bond donors (Lipinski definition) is 2. The standard InChI is InChI=1S/2C10H12N2O5/c2*1-10(2,3)7-4-6(11(14)15)5-8(9(7)13)12(16)17/h2*4-5,13H,1-3H3. The molecule has 2 aromatic rings. The molecule has 0 aliphatic heterocycles. The summed E-state index contributed by atoms with van der Waals surface area (Å²) < 4.78 is 0. The van der Waals surface area contributed by atoms with Crippen LogP contribution in [-0.2, 0) is 10.8 Å². The zero-order valence-corrected chi connectivity index (χ0v) is 19.3. The Morgan fingerprint density at radius 3 is 1.00 bits per heavy atom. The molecule has 0 aliphatic rings. The first-order valence-corrected chi connectivity index (χ1v) is 9.61. The number of aromatic hydroxyl groups is 2. The lowest BCUT2D eigenvalue weighted by atomic mass is 9.85. The van der Waals surface area contributed by atoms with Crippen LogP contribution in [0.4, 0.5) is 22.7 Å². The van der Waals surface area contributed by atoms with Gasteiger partial charge in [-0.05, 0) is 10.8 Å². The van der Waals surface area contributed by atoms with Crippen LogP contribution in [0.2, 0.25) is 0 Å². The molecule has 2 N–H and O–H groups in total. The highest BCUT2D eigenvalue weighted by atomic mass is 16.6. The molecule has 2 rings (SSSR count). The maximum absolute atomic E-state index is 10.7. The third kappa shape index (κ3) is 6.34. The number of benzene rings is 2. The molecular formula is C20H24N4O10. The lowest BCUT2D eigenvalue weighted by molar-refractivity contribution is -0.395. The summed E-state index contributed by atoms with van der Waals surface area (Å²) in [5.74, 6) is -1.04. The van der Waals surface area contributed by atoms with Gasteiger partial charge in [-0.2, -0.15) is 0 Å². The van der Waals surface area contributed by atoms with Crippen LogP contribution in [0.1, 0.15) is 52.7 Å². The highest BCUT2D eigenvalue weighted by Gasteiger charge is 2.30. The second kappa shape index (κ2) is 9.64. The molecule has 0 spiro atoms. The Morgan fingerprint density at radius 1 is 0.559 bits per heavy atom. The van der Waals surface area contributed by atoms with E-state index in [2.05, 4.69) is 0 Å². The first kappa shape index (κ1) is 27.7. The van der Waals surface area contributed by atoms with E-state index in [4.69, 9.17) is 0 Å². The predicted molar refractivity (Wildman–Crippen MR) is 120 cm³/mol. The molecule has 14 nitrogen and oxygen atoms in total. The van der Waals surface area contributed by atoms with Gasteiger partial charge in [0.1, 0.15) is 0 Å². The Hall–Kier alpha value is -4.36. The van der Waals surface area contributed by atoms with Gasteiger partial charge in [-0.3, -0.25) is 40.5 Å². The summed E-state index contributed by atoms with van der Waals surface area (Å²) in [6.45, 7) is 10.2. The molecule has 0 aromatic heterocycles. The Bertz CT molecular complexity index is 1070. The average Bonchev–Trinajstić information content (AvgIpc) is 2.66. The second-order valence-electron chi connectivity index (χ2n) is 9.25. The van der Waals surface area contributed by atoms with Crippen molar-refractivity contribution in [1.82, 2.24) is 0 Å². The second-order valence-corrected chi connectivity index (χ2v) is 9.25. The van der Waals surface area contributed by atoms with Gasteiger partial charge in [-0.25, -0.2) is 0 Å². The van der Waals surface area contributed by atoms with Gasteiger partial charge in [-0.15, -0.1) is 0 Å². The predicted octanol–water partition coefficient (Wildman–Crippen LogP) is 5.01. The van der Waals surface area contributed by atoms with Crippen molar-refractivity contribution in [3.63, 3.8) is 0 Å². The summed E-state index contributed by atoms with van der Waals surface area (Å²) in [7, 11) is 0. The van der Waals surface area contributed by atoms with Crippen molar-refractivity contribution in [2.24, 2.45) is 0 Å². The highest BCUT2D eigenvalue weighted by Crippen LogP contribution is 2.41. The number of phenolic OH excluding ortho intramolecular Hbond substituents is 2. The molecule has 34 heavy (non-hydrogen) atoms. The summed E-state index contributed by atoms with van der Waals surface area (Å²) in [5.41, 5.74) is -2.99. The molecule has 0 heterocycles. The smallest absolute Gasteiger partial charge is 0.317 e. The van der Waals surface area contributed by atoms with E-state index in [1.165, 1.54) is 0 Å². The van der Waals surface area contributed by atoms with Gasteiger partial charge < -0.3 is 10.2 Å². The summed E-state index contributed by atoms with van der Waals surface area (Å²) in [5, 5.41) is 62.2. The molecule has 0 aliphatic carbocycles. The van der Waals surface area contributed by atoms with E-state index >= 15 is 0 Å². The molecule has 0 fully saturated rings. The number of phenols is 2. The van der Waals surface area contributed by atoms with Gasteiger partial charge in [0, 0.05) is 23.3 Å². The number of nitrogens with zero attached hydrogens (tertiary/aromatic N) is 4. The highest BCUT2D eigenvalue weighted by molar-refractivity contribution is 5.60. The monoisotopic (exact) mass is 480 g/mol. The van der Waals surface area contributed by atoms with Crippen molar-refractivity contribution in [2.75, 3.05) is 0 Å². The first-order chi connectivity index (χ1) is 15.3. The average molecular weight is 480 g/mol. The number of nitro groups is 4. The molecule has 2 aromatic carbocycles. The topological polar surface area (TPSA) is 213 Å². The maximum atomic E-state index is 10.7. The number of hydrogen-bond acceptors (Lipinski definition) is 10. The number of rotatable bonds is 4. The van der Waals surface area contributed by atoms with Gasteiger partial charge in [0.05, 0.1) is 31.8 Å². The van der Waals surface area contributed by atoms with Crippen molar-refractivity contribution in [3.05, 3.63) is 75.8 Å².